The first kappa shape index (κ1) is 31.7. The minimum atomic E-state index is -4.20. The largest absolute Gasteiger partial charge is 0.495 e. The van der Waals surface area contributed by atoms with Crippen LogP contribution in [0.15, 0.2) is 77.7 Å². The van der Waals surface area contributed by atoms with E-state index in [0.717, 1.165) is 36.4 Å². The van der Waals surface area contributed by atoms with Crippen molar-refractivity contribution in [1.29, 1.82) is 0 Å². The van der Waals surface area contributed by atoms with Gasteiger partial charge in [-0.2, -0.15) is 0 Å². The monoisotopic (exact) mass is 631 g/mol. The minimum Gasteiger partial charge on any atom is -0.495 e. The zero-order valence-electron chi connectivity index (χ0n) is 23.6. The molecule has 0 saturated heterocycles. The van der Waals surface area contributed by atoms with Gasteiger partial charge in [-0.1, -0.05) is 72.8 Å². The van der Waals surface area contributed by atoms with E-state index in [4.69, 9.17) is 27.9 Å². The summed E-state index contributed by atoms with van der Waals surface area (Å²) in [5.41, 5.74) is 0.887. The zero-order chi connectivity index (χ0) is 30.3. The lowest BCUT2D eigenvalue weighted by Crippen LogP contribution is -2.53. The molecule has 0 bridgehead atoms. The Labute approximate surface area is 257 Å². The van der Waals surface area contributed by atoms with Gasteiger partial charge in [-0.05, 0) is 67.8 Å². The molecule has 1 atom stereocenters. The predicted octanol–water partition coefficient (Wildman–Crippen LogP) is 6.06. The standard InChI is InChI=1S/C31H35Cl2N3O5S/c1-22(31(38)34-25-12-5-3-6-13-25)35(20-23-10-9-11-24(32)18-23)30(37)21-36(26-16-17-29(41-2)28(33)19-26)42(39,40)27-14-7-4-8-15-27/h4,7-11,14-19,22,25H,3,5-6,12-13,20-21H2,1-2H3,(H,34,38)/t22-/m1/s1. The van der Waals surface area contributed by atoms with Gasteiger partial charge in [-0.25, -0.2) is 8.42 Å². The number of carbonyl (C=O) groups is 2. The molecule has 11 heteroatoms. The van der Waals surface area contributed by atoms with Crippen LogP contribution in [0.5, 0.6) is 5.75 Å². The van der Waals surface area contributed by atoms with Crippen LogP contribution in [0.25, 0.3) is 0 Å². The number of hydrogen-bond acceptors (Lipinski definition) is 5. The molecule has 1 aliphatic carbocycles. The van der Waals surface area contributed by atoms with Crippen LogP contribution in [0.1, 0.15) is 44.6 Å². The highest BCUT2D eigenvalue weighted by molar-refractivity contribution is 7.92. The Morgan fingerprint density at radius 3 is 2.33 bits per heavy atom. The van der Waals surface area contributed by atoms with Gasteiger partial charge in [0.2, 0.25) is 11.8 Å². The zero-order valence-corrected chi connectivity index (χ0v) is 26.0. The van der Waals surface area contributed by atoms with Gasteiger partial charge in [-0.3, -0.25) is 13.9 Å². The average Bonchev–Trinajstić information content (AvgIpc) is 2.99. The van der Waals surface area contributed by atoms with Crippen molar-refractivity contribution in [3.05, 3.63) is 88.4 Å². The first-order chi connectivity index (χ1) is 20.1. The molecule has 3 aromatic carbocycles. The van der Waals surface area contributed by atoms with Crippen molar-refractivity contribution in [2.45, 2.75) is 62.6 Å². The molecule has 42 heavy (non-hydrogen) atoms. The molecule has 4 rings (SSSR count). The van der Waals surface area contributed by atoms with Crippen LogP contribution >= 0.6 is 23.2 Å². The molecule has 1 saturated carbocycles. The minimum absolute atomic E-state index is 0.00854. The van der Waals surface area contributed by atoms with E-state index in [1.807, 2.05) is 0 Å². The van der Waals surface area contributed by atoms with Gasteiger partial charge in [0.15, 0.2) is 0 Å². The Morgan fingerprint density at radius 1 is 0.976 bits per heavy atom. The van der Waals surface area contributed by atoms with Crippen LogP contribution in [0.2, 0.25) is 10.0 Å². The van der Waals surface area contributed by atoms with E-state index in [1.165, 1.54) is 36.3 Å². The van der Waals surface area contributed by atoms with Crippen LogP contribution in [-0.2, 0) is 26.2 Å². The van der Waals surface area contributed by atoms with Gasteiger partial charge >= 0.3 is 0 Å². The molecule has 224 valence electrons. The van der Waals surface area contributed by atoms with Crippen molar-refractivity contribution in [2.75, 3.05) is 18.0 Å². The number of ether oxygens (including phenoxy) is 1. The van der Waals surface area contributed by atoms with Crippen molar-refractivity contribution in [3.63, 3.8) is 0 Å². The van der Waals surface area contributed by atoms with Gasteiger partial charge in [0.1, 0.15) is 18.3 Å². The van der Waals surface area contributed by atoms with E-state index in [9.17, 15) is 18.0 Å². The Bertz CT molecular complexity index is 1500. The number of anilines is 1. The number of nitrogens with zero attached hydrogens (tertiary/aromatic N) is 2. The number of methoxy groups -OCH3 is 1. The third kappa shape index (κ3) is 7.76. The molecule has 1 fully saturated rings. The van der Waals surface area contributed by atoms with Crippen LogP contribution < -0.4 is 14.4 Å². The molecule has 2 amide bonds. The van der Waals surface area contributed by atoms with E-state index in [-0.39, 0.29) is 34.1 Å². The molecule has 0 unspecified atom stereocenters. The summed E-state index contributed by atoms with van der Waals surface area (Å²) < 4.78 is 34.1. The fraction of sp³-hybridized carbons (Fsp3) is 0.355. The van der Waals surface area contributed by atoms with Gasteiger partial charge in [0.05, 0.1) is 22.7 Å². The van der Waals surface area contributed by atoms with Gasteiger partial charge in [0, 0.05) is 17.6 Å². The van der Waals surface area contributed by atoms with E-state index in [0.29, 0.717) is 16.3 Å². The average molecular weight is 633 g/mol. The van der Waals surface area contributed by atoms with Crippen molar-refractivity contribution in [2.24, 2.45) is 0 Å². The first-order valence-electron chi connectivity index (χ1n) is 13.9. The molecule has 8 nitrogen and oxygen atoms in total. The van der Waals surface area contributed by atoms with E-state index in [2.05, 4.69) is 5.32 Å². The number of halogens is 2. The second kappa shape index (κ2) is 14.3. The van der Waals surface area contributed by atoms with Crippen LogP contribution in [0.3, 0.4) is 0 Å². The molecule has 0 radical (unpaired) electrons. The molecule has 1 aliphatic rings. The van der Waals surface area contributed by atoms with E-state index >= 15 is 0 Å². The van der Waals surface area contributed by atoms with Crippen molar-refractivity contribution < 1.29 is 22.7 Å². The fourth-order valence-corrected chi connectivity index (χ4v) is 6.93. The summed E-state index contributed by atoms with van der Waals surface area (Å²) in [5.74, 6) is -0.491. The maximum absolute atomic E-state index is 14.1. The van der Waals surface area contributed by atoms with Gasteiger partial charge < -0.3 is 15.0 Å². The maximum atomic E-state index is 14.1. The van der Waals surface area contributed by atoms with Crippen LogP contribution in [0.4, 0.5) is 5.69 Å². The summed E-state index contributed by atoms with van der Waals surface area (Å²) in [6, 6.07) is 18.5. The van der Waals surface area contributed by atoms with Crippen molar-refractivity contribution in [1.82, 2.24) is 10.2 Å². The Kier molecular flexibility index (Phi) is 10.8. The van der Waals surface area contributed by atoms with E-state index < -0.39 is 28.5 Å². The van der Waals surface area contributed by atoms with Crippen LogP contribution in [-0.4, -0.2) is 50.9 Å². The summed E-state index contributed by atoms with van der Waals surface area (Å²) in [6.07, 6.45) is 5.01. The van der Waals surface area contributed by atoms with Crippen molar-refractivity contribution >= 4 is 50.7 Å². The highest BCUT2D eigenvalue weighted by atomic mass is 35.5. The molecule has 0 aliphatic heterocycles. The number of rotatable bonds is 11. The summed E-state index contributed by atoms with van der Waals surface area (Å²) >= 11 is 12.6. The number of nitrogens with one attached hydrogen (secondary N) is 1. The SMILES string of the molecule is COc1ccc(N(CC(=O)N(Cc2cccc(Cl)c2)[C@H](C)C(=O)NC2CCCCC2)S(=O)(=O)c2ccccc2)cc1Cl. The quantitative estimate of drug-likeness (QED) is 0.277. The number of sulfonamides is 1. The van der Waals surface area contributed by atoms with E-state index in [1.54, 1.807) is 55.5 Å². The summed E-state index contributed by atoms with van der Waals surface area (Å²) in [7, 11) is -2.75. The molecule has 0 heterocycles. The Hall–Kier alpha value is -3.27. The Morgan fingerprint density at radius 2 is 1.69 bits per heavy atom. The second-order valence-corrected chi connectivity index (χ2v) is 13.0. The molecule has 3 aromatic rings. The lowest BCUT2D eigenvalue weighted by atomic mass is 9.95. The lowest BCUT2D eigenvalue weighted by Gasteiger charge is -2.33. The van der Waals surface area contributed by atoms with Gasteiger partial charge in [0.25, 0.3) is 10.0 Å². The molecular formula is C31H35Cl2N3O5S. The topological polar surface area (TPSA) is 96.0 Å². The lowest BCUT2D eigenvalue weighted by molar-refractivity contribution is -0.139. The van der Waals surface area contributed by atoms with Crippen molar-refractivity contribution in [3.8, 4) is 5.75 Å². The maximum Gasteiger partial charge on any atom is 0.264 e. The molecular weight excluding hydrogens is 597 g/mol. The third-order valence-electron chi connectivity index (χ3n) is 7.39. The third-order valence-corrected chi connectivity index (χ3v) is 9.71. The molecule has 0 spiro atoms. The summed E-state index contributed by atoms with van der Waals surface area (Å²) in [4.78, 5) is 28.9. The molecule has 0 aromatic heterocycles. The fourth-order valence-electron chi connectivity index (χ4n) is 5.04. The van der Waals surface area contributed by atoms with Crippen LogP contribution in [0, 0.1) is 0 Å². The first-order valence-corrected chi connectivity index (χ1v) is 16.1. The number of hydrogen-bond donors (Lipinski definition) is 1. The highest BCUT2D eigenvalue weighted by Crippen LogP contribution is 2.32. The summed E-state index contributed by atoms with van der Waals surface area (Å²) in [6.45, 7) is 1.14. The Balaban J connectivity index is 1.69. The summed E-state index contributed by atoms with van der Waals surface area (Å²) in [5, 5.41) is 3.76. The predicted molar refractivity (Wildman–Crippen MR) is 165 cm³/mol. The van der Waals surface area contributed by atoms with Gasteiger partial charge in [-0.15, -0.1) is 0 Å². The molecule has 1 N–H and O–H groups in total. The second-order valence-electron chi connectivity index (χ2n) is 10.3. The smallest absolute Gasteiger partial charge is 0.264 e. The number of carbonyl (C=O) groups excluding carboxylic acids is 2. The number of amides is 2. The number of benzene rings is 3. The highest BCUT2D eigenvalue weighted by Gasteiger charge is 2.33. The normalized spacial score (nSPS) is 14.6.